The van der Waals surface area contributed by atoms with Gasteiger partial charge in [-0.1, -0.05) is 82.3 Å². The molecule has 4 nitrogen and oxygen atoms in total. The van der Waals surface area contributed by atoms with E-state index in [4.69, 9.17) is 4.74 Å². The third-order valence-electron chi connectivity index (χ3n) is 4.47. The molecule has 0 aromatic heterocycles. The summed E-state index contributed by atoms with van der Waals surface area (Å²) >= 11 is 0. The van der Waals surface area contributed by atoms with Gasteiger partial charge in [-0.25, -0.2) is 4.79 Å². The third-order valence-corrected chi connectivity index (χ3v) is 4.47. The molecule has 2 aromatic rings. The van der Waals surface area contributed by atoms with E-state index in [-0.39, 0.29) is 24.9 Å². The minimum absolute atomic E-state index is 0.0551. The summed E-state index contributed by atoms with van der Waals surface area (Å²) in [6, 6.07) is 16.9. The molecule has 0 radical (unpaired) electrons. The van der Waals surface area contributed by atoms with E-state index in [1.807, 2.05) is 56.3 Å². The Balaban J connectivity index is 1.91. The van der Waals surface area contributed by atoms with Crippen molar-refractivity contribution in [3.05, 3.63) is 71.3 Å². The highest BCUT2D eigenvalue weighted by Gasteiger charge is 2.25. The average Bonchev–Trinajstić information content (AvgIpc) is 2.65. The zero-order valence-corrected chi connectivity index (χ0v) is 16.6. The number of rotatable bonds is 8. The molecule has 0 aliphatic carbocycles. The SMILES string of the molecule is CC(C)c1ccc(COC(=O)[C@@H](NC(=O)Cc2ccccc2)C(C)C)cc1. The smallest absolute Gasteiger partial charge is 0.329 e. The largest absolute Gasteiger partial charge is 0.459 e. The van der Waals surface area contributed by atoms with Crippen LogP contribution in [0.5, 0.6) is 0 Å². The van der Waals surface area contributed by atoms with Crippen molar-refractivity contribution in [3.63, 3.8) is 0 Å². The first kappa shape index (κ1) is 20.7. The first-order valence-corrected chi connectivity index (χ1v) is 9.45. The van der Waals surface area contributed by atoms with E-state index in [0.717, 1.165) is 11.1 Å². The molecule has 0 saturated heterocycles. The Morgan fingerprint density at radius 2 is 1.52 bits per heavy atom. The summed E-state index contributed by atoms with van der Waals surface area (Å²) in [5.74, 6) is -0.176. The van der Waals surface area contributed by atoms with Crippen LogP contribution in [-0.4, -0.2) is 17.9 Å². The molecule has 27 heavy (non-hydrogen) atoms. The van der Waals surface area contributed by atoms with E-state index < -0.39 is 12.0 Å². The first-order valence-electron chi connectivity index (χ1n) is 9.45. The van der Waals surface area contributed by atoms with Gasteiger partial charge in [-0.15, -0.1) is 0 Å². The maximum absolute atomic E-state index is 12.5. The van der Waals surface area contributed by atoms with Crippen molar-refractivity contribution >= 4 is 11.9 Å². The van der Waals surface area contributed by atoms with Crippen LogP contribution in [0.1, 0.15) is 50.3 Å². The lowest BCUT2D eigenvalue weighted by molar-refractivity contribution is -0.150. The van der Waals surface area contributed by atoms with E-state index in [1.165, 1.54) is 5.56 Å². The Kier molecular flexibility index (Phi) is 7.59. The van der Waals surface area contributed by atoms with Crippen molar-refractivity contribution in [1.82, 2.24) is 5.32 Å². The van der Waals surface area contributed by atoms with Gasteiger partial charge in [0.1, 0.15) is 12.6 Å². The second-order valence-corrected chi connectivity index (χ2v) is 7.46. The highest BCUT2D eigenvalue weighted by atomic mass is 16.5. The molecule has 0 saturated carbocycles. The van der Waals surface area contributed by atoms with Crippen molar-refractivity contribution in [1.29, 1.82) is 0 Å². The van der Waals surface area contributed by atoms with Crippen LogP contribution in [-0.2, 0) is 27.4 Å². The Morgan fingerprint density at radius 1 is 0.889 bits per heavy atom. The summed E-state index contributed by atoms with van der Waals surface area (Å²) < 4.78 is 5.45. The highest BCUT2D eigenvalue weighted by Crippen LogP contribution is 2.15. The quantitative estimate of drug-likeness (QED) is 0.710. The summed E-state index contributed by atoms with van der Waals surface area (Å²) in [6.45, 7) is 8.27. The zero-order valence-electron chi connectivity index (χ0n) is 16.6. The molecule has 0 spiro atoms. The van der Waals surface area contributed by atoms with Crippen molar-refractivity contribution in [2.75, 3.05) is 0 Å². The highest BCUT2D eigenvalue weighted by molar-refractivity contribution is 5.85. The monoisotopic (exact) mass is 367 g/mol. The summed E-state index contributed by atoms with van der Waals surface area (Å²) in [7, 11) is 0. The van der Waals surface area contributed by atoms with E-state index >= 15 is 0 Å². The molecule has 0 unspecified atom stereocenters. The maximum atomic E-state index is 12.5. The van der Waals surface area contributed by atoms with Gasteiger partial charge in [0.2, 0.25) is 5.91 Å². The lowest BCUT2D eigenvalue weighted by Gasteiger charge is -2.21. The van der Waals surface area contributed by atoms with E-state index in [9.17, 15) is 9.59 Å². The van der Waals surface area contributed by atoms with Crippen LogP contribution in [0.4, 0.5) is 0 Å². The van der Waals surface area contributed by atoms with Gasteiger partial charge in [0, 0.05) is 0 Å². The fourth-order valence-corrected chi connectivity index (χ4v) is 2.75. The van der Waals surface area contributed by atoms with Gasteiger partial charge in [-0.3, -0.25) is 4.79 Å². The van der Waals surface area contributed by atoms with E-state index in [0.29, 0.717) is 5.92 Å². The lowest BCUT2D eigenvalue weighted by atomic mass is 10.0. The third kappa shape index (κ3) is 6.55. The number of carbonyl (C=O) groups excluding carboxylic acids is 2. The molecule has 1 atom stereocenters. The van der Waals surface area contributed by atoms with Crippen molar-refractivity contribution in [2.45, 2.75) is 52.7 Å². The molecule has 1 N–H and O–H groups in total. The number of hydrogen-bond acceptors (Lipinski definition) is 3. The Morgan fingerprint density at radius 3 is 2.07 bits per heavy atom. The molecule has 0 bridgehead atoms. The Labute approximate surface area is 161 Å². The van der Waals surface area contributed by atoms with E-state index in [2.05, 4.69) is 31.3 Å². The fourth-order valence-electron chi connectivity index (χ4n) is 2.75. The second kappa shape index (κ2) is 9.91. The van der Waals surface area contributed by atoms with Gasteiger partial charge < -0.3 is 10.1 Å². The number of carbonyl (C=O) groups is 2. The molecule has 0 aliphatic heterocycles. The predicted molar refractivity (Wildman–Crippen MR) is 107 cm³/mol. The molecule has 0 heterocycles. The first-order chi connectivity index (χ1) is 12.9. The molecule has 1 amide bonds. The van der Waals surface area contributed by atoms with Crippen LogP contribution in [0, 0.1) is 5.92 Å². The average molecular weight is 367 g/mol. The summed E-state index contributed by atoms with van der Waals surface area (Å²) in [5.41, 5.74) is 3.10. The standard InChI is InChI=1S/C23H29NO3/c1-16(2)20-12-10-19(11-13-20)15-27-23(26)22(17(3)4)24-21(25)14-18-8-6-5-7-9-18/h5-13,16-17,22H,14-15H2,1-4H3,(H,24,25)/t22-/m0/s1. The Hall–Kier alpha value is -2.62. The molecule has 4 heteroatoms. The van der Waals surface area contributed by atoms with Gasteiger partial charge in [-0.05, 0) is 28.5 Å². The predicted octanol–water partition coefficient (Wildman–Crippen LogP) is 4.24. The van der Waals surface area contributed by atoms with Crippen LogP contribution in [0.25, 0.3) is 0 Å². The minimum Gasteiger partial charge on any atom is -0.459 e. The summed E-state index contributed by atoms with van der Waals surface area (Å²) in [4.78, 5) is 24.8. The second-order valence-electron chi connectivity index (χ2n) is 7.46. The fraction of sp³-hybridized carbons (Fsp3) is 0.391. The van der Waals surface area contributed by atoms with Crippen LogP contribution in [0.15, 0.2) is 54.6 Å². The molecule has 2 rings (SSSR count). The van der Waals surface area contributed by atoms with E-state index in [1.54, 1.807) is 0 Å². The van der Waals surface area contributed by atoms with Gasteiger partial charge >= 0.3 is 5.97 Å². The van der Waals surface area contributed by atoms with Crippen LogP contribution < -0.4 is 5.32 Å². The normalized spacial score (nSPS) is 12.1. The molecule has 144 valence electrons. The zero-order chi connectivity index (χ0) is 19.8. The van der Waals surface area contributed by atoms with Crippen LogP contribution in [0.3, 0.4) is 0 Å². The number of nitrogens with one attached hydrogen (secondary N) is 1. The molecule has 0 aliphatic rings. The van der Waals surface area contributed by atoms with Gasteiger partial charge in [-0.2, -0.15) is 0 Å². The van der Waals surface area contributed by atoms with Gasteiger partial charge in [0.25, 0.3) is 0 Å². The maximum Gasteiger partial charge on any atom is 0.329 e. The lowest BCUT2D eigenvalue weighted by Crippen LogP contribution is -2.45. The number of hydrogen-bond donors (Lipinski definition) is 1. The van der Waals surface area contributed by atoms with Crippen molar-refractivity contribution in [2.24, 2.45) is 5.92 Å². The van der Waals surface area contributed by atoms with Crippen LogP contribution in [0.2, 0.25) is 0 Å². The Bertz CT molecular complexity index is 736. The summed E-state index contributed by atoms with van der Waals surface area (Å²) in [5, 5.41) is 2.81. The van der Waals surface area contributed by atoms with Gasteiger partial charge in [0.15, 0.2) is 0 Å². The molecule has 2 aromatic carbocycles. The van der Waals surface area contributed by atoms with Crippen LogP contribution >= 0.6 is 0 Å². The number of esters is 1. The number of benzene rings is 2. The molecular weight excluding hydrogens is 338 g/mol. The summed E-state index contributed by atoms with van der Waals surface area (Å²) in [6.07, 6.45) is 0.244. The van der Waals surface area contributed by atoms with Crippen molar-refractivity contribution < 1.29 is 14.3 Å². The number of amides is 1. The minimum atomic E-state index is -0.656. The molecular formula is C23H29NO3. The topological polar surface area (TPSA) is 55.4 Å². The van der Waals surface area contributed by atoms with Gasteiger partial charge in [0.05, 0.1) is 6.42 Å². The van der Waals surface area contributed by atoms with Crippen molar-refractivity contribution in [3.8, 4) is 0 Å². The number of ether oxygens (including phenoxy) is 1. The molecule has 0 fully saturated rings.